The first-order valence-electron chi connectivity index (χ1n) is 7.20. The number of hydrazine groups is 1. The highest BCUT2D eigenvalue weighted by atomic mass is 35.5. The van der Waals surface area contributed by atoms with Crippen molar-refractivity contribution in [3.63, 3.8) is 0 Å². The number of benzene rings is 1. The summed E-state index contributed by atoms with van der Waals surface area (Å²) in [6.45, 7) is -0.826. The summed E-state index contributed by atoms with van der Waals surface area (Å²) >= 11 is 5.73. The van der Waals surface area contributed by atoms with Crippen LogP contribution < -0.4 is 15.6 Å². The molecule has 2 N–H and O–H groups in total. The molecule has 132 valence electrons. The molecule has 2 amide bonds. The van der Waals surface area contributed by atoms with Gasteiger partial charge in [0.05, 0.1) is 0 Å². The van der Waals surface area contributed by atoms with Crippen LogP contribution in [0.1, 0.15) is 10.5 Å². The van der Waals surface area contributed by atoms with Gasteiger partial charge in [-0.3, -0.25) is 20.4 Å². The van der Waals surface area contributed by atoms with Crippen LogP contribution >= 0.6 is 11.6 Å². The van der Waals surface area contributed by atoms with Gasteiger partial charge in [0.25, 0.3) is 11.8 Å². The van der Waals surface area contributed by atoms with Crippen LogP contribution in [0.2, 0.25) is 5.02 Å². The lowest BCUT2D eigenvalue weighted by molar-refractivity contribution is -0.131. The number of rotatable bonds is 6. The normalized spacial score (nSPS) is 10.0. The molecule has 0 spiro atoms. The SMILES string of the molecule is Cn1cccc1C(=O)OCC(=O)NNC(=O)COc1ccc(Cl)cc1. The quantitative estimate of drug-likeness (QED) is 0.589. The molecule has 0 unspecified atom stereocenters. The molecular formula is C16H16ClN3O5. The lowest BCUT2D eigenvalue weighted by Gasteiger charge is -2.09. The fraction of sp³-hybridized carbons (Fsp3) is 0.188. The van der Waals surface area contributed by atoms with Crippen LogP contribution in [0.25, 0.3) is 0 Å². The fourth-order valence-electron chi connectivity index (χ4n) is 1.77. The molecule has 0 bridgehead atoms. The lowest BCUT2D eigenvalue weighted by atomic mass is 10.3. The Morgan fingerprint density at radius 3 is 2.28 bits per heavy atom. The van der Waals surface area contributed by atoms with E-state index in [4.69, 9.17) is 21.1 Å². The van der Waals surface area contributed by atoms with Crippen LogP contribution in [0.5, 0.6) is 5.75 Å². The van der Waals surface area contributed by atoms with Gasteiger partial charge in [0.2, 0.25) is 0 Å². The maximum atomic E-state index is 11.7. The van der Waals surface area contributed by atoms with Crippen molar-refractivity contribution in [1.82, 2.24) is 15.4 Å². The molecule has 0 aliphatic rings. The number of aromatic nitrogens is 1. The van der Waals surface area contributed by atoms with E-state index >= 15 is 0 Å². The van der Waals surface area contributed by atoms with E-state index in [1.165, 1.54) is 0 Å². The molecule has 1 aromatic heterocycles. The van der Waals surface area contributed by atoms with Crippen molar-refractivity contribution in [2.45, 2.75) is 0 Å². The predicted molar refractivity (Wildman–Crippen MR) is 88.9 cm³/mol. The maximum Gasteiger partial charge on any atom is 0.355 e. The molecule has 8 nitrogen and oxygen atoms in total. The Morgan fingerprint density at radius 2 is 1.68 bits per heavy atom. The minimum absolute atomic E-state index is 0.301. The van der Waals surface area contributed by atoms with Gasteiger partial charge in [0, 0.05) is 18.3 Å². The highest BCUT2D eigenvalue weighted by molar-refractivity contribution is 6.30. The number of halogens is 1. The van der Waals surface area contributed by atoms with E-state index in [9.17, 15) is 14.4 Å². The monoisotopic (exact) mass is 365 g/mol. The first kappa shape index (κ1) is 18.3. The smallest absolute Gasteiger partial charge is 0.355 e. The van der Waals surface area contributed by atoms with Gasteiger partial charge in [0.1, 0.15) is 11.4 Å². The Kier molecular flexibility index (Phi) is 6.41. The van der Waals surface area contributed by atoms with Crippen molar-refractivity contribution >= 4 is 29.4 Å². The molecule has 0 saturated carbocycles. The van der Waals surface area contributed by atoms with Crippen molar-refractivity contribution in [1.29, 1.82) is 0 Å². The van der Waals surface area contributed by atoms with Crippen molar-refractivity contribution in [2.24, 2.45) is 7.05 Å². The van der Waals surface area contributed by atoms with Gasteiger partial charge < -0.3 is 14.0 Å². The second-order valence-electron chi connectivity index (χ2n) is 4.92. The molecule has 0 radical (unpaired) electrons. The van der Waals surface area contributed by atoms with Crippen LogP contribution in [0, 0.1) is 0 Å². The van der Waals surface area contributed by atoms with Gasteiger partial charge in [-0.25, -0.2) is 4.79 Å². The molecule has 2 aromatic rings. The Morgan fingerprint density at radius 1 is 1.04 bits per heavy atom. The molecule has 9 heteroatoms. The Bertz CT molecular complexity index is 757. The standard InChI is InChI=1S/C16H16ClN3O5/c1-20-8-2-3-13(20)16(23)25-10-15(22)19-18-14(21)9-24-12-6-4-11(17)5-7-12/h2-8H,9-10H2,1H3,(H,18,21)(H,19,22). The van der Waals surface area contributed by atoms with Crippen LogP contribution in [0.3, 0.4) is 0 Å². The molecule has 0 fully saturated rings. The van der Waals surface area contributed by atoms with E-state index in [1.807, 2.05) is 0 Å². The first-order chi connectivity index (χ1) is 12.0. The minimum Gasteiger partial charge on any atom is -0.484 e. The maximum absolute atomic E-state index is 11.7. The van der Waals surface area contributed by atoms with E-state index in [1.54, 1.807) is 54.2 Å². The van der Waals surface area contributed by atoms with Crippen molar-refractivity contribution in [3.05, 3.63) is 53.3 Å². The Hall–Kier alpha value is -3.00. The lowest BCUT2D eigenvalue weighted by Crippen LogP contribution is -2.45. The third-order valence-electron chi connectivity index (χ3n) is 3.01. The third-order valence-corrected chi connectivity index (χ3v) is 3.26. The number of nitrogens with zero attached hydrogens (tertiary/aromatic N) is 1. The van der Waals surface area contributed by atoms with Crippen molar-refractivity contribution in [3.8, 4) is 5.75 Å². The summed E-state index contributed by atoms with van der Waals surface area (Å²) in [5.74, 6) is -1.43. The van der Waals surface area contributed by atoms with E-state index in [2.05, 4.69) is 10.9 Å². The zero-order chi connectivity index (χ0) is 18.2. The molecule has 1 aromatic carbocycles. The Balaban J connectivity index is 1.65. The van der Waals surface area contributed by atoms with E-state index in [0.29, 0.717) is 16.5 Å². The molecule has 0 atom stereocenters. The average Bonchev–Trinajstić information content (AvgIpc) is 3.03. The first-order valence-corrected chi connectivity index (χ1v) is 7.58. The van der Waals surface area contributed by atoms with Gasteiger partial charge in [-0.05, 0) is 36.4 Å². The van der Waals surface area contributed by atoms with E-state index < -0.39 is 24.4 Å². The van der Waals surface area contributed by atoms with Gasteiger partial charge in [-0.2, -0.15) is 0 Å². The summed E-state index contributed by atoms with van der Waals surface area (Å²) < 4.78 is 11.6. The van der Waals surface area contributed by atoms with Crippen LogP contribution in [0.15, 0.2) is 42.6 Å². The second kappa shape index (κ2) is 8.74. The number of ether oxygens (including phenoxy) is 2. The number of carbonyl (C=O) groups is 3. The summed E-state index contributed by atoms with van der Waals surface area (Å²) in [4.78, 5) is 34.8. The van der Waals surface area contributed by atoms with Gasteiger partial charge in [-0.15, -0.1) is 0 Å². The Labute approximate surface area is 148 Å². The molecule has 2 rings (SSSR count). The van der Waals surface area contributed by atoms with Crippen LogP contribution in [-0.4, -0.2) is 35.6 Å². The highest BCUT2D eigenvalue weighted by Crippen LogP contribution is 2.15. The number of aryl methyl sites for hydroxylation is 1. The molecule has 1 heterocycles. The van der Waals surface area contributed by atoms with Gasteiger partial charge >= 0.3 is 5.97 Å². The second-order valence-corrected chi connectivity index (χ2v) is 5.36. The summed E-state index contributed by atoms with van der Waals surface area (Å²) in [6, 6.07) is 9.71. The number of nitrogens with one attached hydrogen (secondary N) is 2. The molecule has 25 heavy (non-hydrogen) atoms. The summed E-state index contributed by atoms with van der Waals surface area (Å²) in [5.41, 5.74) is 4.58. The average molecular weight is 366 g/mol. The van der Waals surface area contributed by atoms with Gasteiger partial charge in [0.15, 0.2) is 13.2 Å². The number of carbonyl (C=O) groups excluding carboxylic acids is 3. The molecule has 0 aliphatic heterocycles. The van der Waals surface area contributed by atoms with Gasteiger partial charge in [-0.1, -0.05) is 11.6 Å². The number of hydrogen-bond donors (Lipinski definition) is 2. The minimum atomic E-state index is -0.678. The number of hydrogen-bond acceptors (Lipinski definition) is 5. The van der Waals surface area contributed by atoms with E-state index in [0.717, 1.165) is 0 Å². The molecule has 0 aliphatic carbocycles. The molecule has 0 saturated heterocycles. The van der Waals surface area contributed by atoms with Crippen molar-refractivity contribution < 1.29 is 23.9 Å². The largest absolute Gasteiger partial charge is 0.484 e. The fourth-order valence-corrected chi connectivity index (χ4v) is 1.90. The van der Waals surface area contributed by atoms with Crippen LogP contribution in [-0.2, 0) is 21.4 Å². The van der Waals surface area contributed by atoms with E-state index in [-0.39, 0.29) is 6.61 Å². The number of amides is 2. The zero-order valence-electron chi connectivity index (χ0n) is 13.3. The van der Waals surface area contributed by atoms with Crippen molar-refractivity contribution in [2.75, 3.05) is 13.2 Å². The summed E-state index contributed by atoms with van der Waals surface area (Å²) in [7, 11) is 1.68. The molecular weight excluding hydrogens is 350 g/mol. The predicted octanol–water partition coefficient (Wildman–Crippen LogP) is 1.06. The summed E-state index contributed by atoms with van der Waals surface area (Å²) in [5, 5.41) is 0.550. The third kappa shape index (κ3) is 5.85. The topological polar surface area (TPSA) is 98.7 Å². The zero-order valence-corrected chi connectivity index (χ0v) is 14.1. The van der Waals surface area contributed by atoms with Crippen LogP contribution in [0.4, 0.5) is 0 Å². The highest BCUT2D eigenvalue weighted by Gasteiger charge is 2.13. The summed E-state index contributed by atoms with van der Waals surface area (Å²) in [6.07, 6.45) is 1.68. The number of esters is 1.